The van der Waals surface area contributed by atoms with Crippen molar-refractivity contribution in [2.24, 2.45) is 75.4 Å². The van der Waals surface area contributed by atoms with E-state index in [1.54, 1.807) is 0 Å². The zero-order chi connectivity index (χ0) is 41.8. The maximum absolute atomic E-state index is 14.2. The second kappa shape index (κ2) is 16.4. The molecule has 5 saturated carbocycles. The lowest BCUT2D eigenvalue weighted by Gasteiger charge is -2.61. The molecule has 2 aliphatic heterocycles. The van der Waals surface area contributed by atoms with Crippen molar-refractivity contribution in [2.75, 3.05) is 0 Å². The van der Waals surface area contributed by atoms with Crippen molar-refractivity contribution in [1.82, 2.24) is 0 Å². The Kier molecular flexibility index (Phi) is 12.2. The van der Waals surface area contributed by atoms with E-state index in [4.69, 9.17) is 19.3 Å². The highest BCUT2D eigenvalue weighted by molar-refractivity contribution is 5.99. The number of carboxylic acids is 2. The number of fused-ring (bicyclic) bond motifs is 6. The van der Waals surface area contributed by atoms with Gasteiger partial charge in [0.2, 0.25) is 0 Å². The Labute approximate surface area is 344 Å². The molecule has 7 aliphatic rings. The molecule has 11 heteroatoms. The molecule has 2 bridgehead atoms. The summed E-state index contributed by atoms with van der Waals surface area (Å²) in [7, 11) is 0. The predicted molar refractivity (Wildman–Crippen MR) is 213 cm³/mol. The van der Waals surface area contributed by atoms with Crippen LogP contribution >= 0.6 is 0 Å². The first-order valence-corrected chi connectivity index (χ1v) is 22.9. The molecule has 5 aliphatic carbocycles. The largest absolute Gasteiger partial charge is 0.481 e. The Morgan fingerprint density at radius 2 is 1.62 bits per heavy atom. The molecule has 7 rings (SSSR count). The van der Waals surface area contributed by atoms with Crippen LogP contribution in [0.2, 0.25) is 0 Å². The molecule has 2 heterocycles. The fraction of sp³-hybridized carbons (Fsp3) is 0.830. The summed E-state index contributed by atoms with van der Waals surface area (Å²) in [4.78, 5) is 77.6. The number of aliphatic carboxylic acids is 2. The Morgan fingerprint density at radius 1 is 0.879 bits per heavy atom. The molecule has 0 aromatic rings. The molecule has 14 unspecified atom stereocenters. The van der Waals surface area contributed by atoms with E-state index in [0.717, 1.165) is 77.0 Å². The Balaban J connectivity index is 1.25. The second-order valence-electron chi connectivity index (χ2n) is 20.4. The van der Waals surface area contributed by atoms with E-state index < -0.39 is 70.0 Å². The lowest BCUT2D eigenvalue weighted by Crippen LogP contribution is -2.58. The minimum Gasteiger partial charge on any atom is -0.481 e. The number of esters is 4. The van der Waals surface area contributed by atoms with Gasteiger partial charge in [-0.15, -0.1) is 0 Å². The number of allylic oxidation sites excluding steroid dienone is 2. The van der Waals surface area contributed by atoms with E-state index in [1.807, 2.05) is 6.92 Å². The molecule has 58 heavy (non-hydrogen) atoms. The summed E-state index contributed by atoms with van der Waals surface area (Å²) in [6.07, 6.45) is 17.6. The van der Waals surface area contributed by atoms with Crippen molar-refractivity contribution in [3.8, 4) is 0 Å². The summed E-state index contributed by atoms with van der Waals surface area (Å²) < 4.78 is 18.4. The highest BCUT2D eigenvalue weighted by Gasteiger charge is 2.94. The molecule has 322 valence electrons. The molecule has 1 spiro atoms. The van der Waals surface area contributed by atoms with Crippen LogP contribution in [-0.2, 0) is 43.0 Å². The van der Waals surface area contributed by atoms with Crippen LogP contribution in [0.25, 0.3) is 0 Å². The standard InChI is InChI=1S/C47H68O11/c1-6-7-8-12-16-28(30-26-35(50)56-40(30)51)19-20-29(17-13-10-9-11-14-18-34(48)49)58-47-38-37(41(52)57-42(38)53)31-25-33-44(4)22-15-23-45(5,43(54)55)32(44)21-24-46(33,47)39(47)36(31)27(2)3/h12,16,27-33,36-39H,6-11,13-15,17-26H2,1-5H3,(H,48,49)(H,54,55)/b16-12+. The normalized spacial score (nSPS) is 40.8. The highest BCUT2D eigenvalue weighted by Crippen LogP contribution is 2.90. The molecule has 14 atom stereocenters. The first-order chi connectivity index (χ1) is 27.6. The van der Waals surface area contributed by atoms with Crippen molar-refractivity contribution in [3.63, 3.8) is 0 Å². The van der Waals surface area contributed by atoms with Crippen LogP contribution in [0, 0.1) is 75.4 Å². The van der Waals surface area contributed by atoms with Gasteiger partial charge in [0.05, 0.1) is 35.4 Å². The number of carbonyl (C=O) groups is 6. The van der Waals surface area contributed by atoms with Gasteiger partial charge in [-0.1, -0.05) is 84.8 Å². The minimum atomic E-state index is -0.931. The average molecular weight is 809 g/mol. The average Bonchev–Trinajstić information content (AvgIpc) is 3.42. The predicted octanol–water partition coefficient (Wildman–Crippen LogP) is 8.70. The van der Waals surface area contributed by atoms with Gasteiger partial charge in [0.25, 0.3) is 0 Å². The third-order valence-electron chi connectivity index (χ3n) is 17.2. The number of carboxylic acid groups (broad SMARTS) is 2. The summed E-state index contributed by atoms with van der Waals surface area (Å²) in [6.45, 7) is 10.8. The first-order valence-electron chi connectivity index (χ1n) is 22.9. The van der Waals surface area contributed by atoms with E-state index in [9.17, 15) is 33.9 Å². The van der Waals surface area contributed by atoms with Crippen LogP contribution in [-0.4, -0.2) is 57.7 Å². The molecule has 7 fully saturated rings. The monoisotopic (exact) mass is 808 g/mol. The van der Waals surface area contributed by atoms with Gasteiger partial charge < -0.3 is 24.4 Å². The van der Waals surface area contributed by atoms with Crippen LogP contribution in [0.4, 0.5) is 0 Å². The quantitative estimate of drug-likeness (QED) is 0.0522. The summed E-state index contributed by atoms with van der Waals surface area (Å²) in [5.74, 6) is -5.08. The van der Waals surface area contributed by atoms with Crippen LogP contribution < -0.4 is 0 Å². The topological polar surface area (TPSA) is 171 Å². The fourth-order valence-corrected chi connectivity index (χ4v) is 14.9. The molecule has 11 nitrogen and oxygen atoms in total. The molecule has 0 aromatic heterocycles. The second-order valence-corrected chi connectivity index (χ2v) is 20.4. The SMILES string of the molecule is CCCC/C=C/C(CCC(CCCCCCCC(=O)O)OC12C3C(=O)OC(=O)C3C3CC4C5(C)CCCC(C)(C(=O)O)C5CCC41C2C3C(C)C)C1CC(=O)OC1=O. The van der Waals surface area contributed by atoms with E-state index >= 15 is 0 Å². The van der Waals surface area contributed by atoms with E-state index in [0.29, 0.717) is 32.1 Å². The molecule has 2 N–H and O–H groups in total. The lowest BCUT2D eigenvalue weighted by molar-refractivity contribution is -0.183. The van der Waals surface area contributed by atoms with Crippen LogP contribution in [0.5, 0.6) is 0 Å². The zero-order valence-electron chi connectivity index (χ0n) is 35.5. The van der Waals surface area contributed by atoms with Gasteiger partial charge in [-0.05, 0) is 112 Å². The fourth-order valence-electron chi connectivity index (χ4n) is 14.9. The van der Waals surface area contributed by atoms with Gasteiger partial charge in [0, 0.05) is 17.8 Å². The van der Waals surface area contributed by atoms with Gasteiger partial charge in [0.15, 0.2) is 0 Å². The summed E-state index contributed by atoms with van der Waals surface area (Å²) in [5.41, 5.74) is -2.48. The zero-order valence-corrected chi connectivity index (χ0v) is 35.5. The highest BCUT2D eigenvalue weighted by atomic mass is 16.6. The Hall–Kier alpha value is -3.08. The Bertz CT molecular complexity index is 1670. The smallest absolute Gasteiger partial charge is 0.320 e. The van der Waals surface area contributed by atoms with Crippen LogP contribution in [0.15, 0.2) is 12.2 Å². The van der Waals surface area contributed by atoms with Gasteiger partial charge >= 0.3 is 35.8 Å². The number of unbranched alkanes of at least 4 members (excludes halogenated alkanes) is 6. The summed E-state index contributed by atoms with van der Waals surface area (Å²) in [6, 6.07) is 0. The number of rotatable bonds is 20. The molecule has 0 aromatic carbocycles. The van der Waals surface area contributed by atoms with Gasteiger partial charge in [-0.25, -0.2) is 0 Å². The lowest BCUT2D eigenvalue weighted by atomic mass is 9.42. The van der Waals surface area contributed by atoms with Gasteiger partial charge in [-0.2, -0.15) is 0 Å². The van der Waals surface area contributed by atoms with E-state index in [1.165, 1.54) is 0 Å². The van der Waals surface area contributed by atoms with Crippen LogP contribution in [0.1, 0.15) is 157 Å². The number of hydrogen-bond acceptors (Lipinski definition) is 9. The van der Waals surface area contributed by atoms with Gasteiger partial charge in [0.1, 0.15) is 5.92 Å². The molecule has 0 amide bonds. The van der Waals surface area contributed by atoms with Crippen molar-refractivity contribution >= 4 is 35.8 Å². The maximum Gasteiger partial charge on any atom is 0.320 e. The number of cyclic esters (lactones) is 4. The van der Waals surface area contributed by atoms with Crippen molar-refractivity contribution < 1.29 is 53.2 Å². The van der Waals surface area contributed by atoms with Crippen molar-refractivity contribution in [3.05, 3.63) is 12.2 Å². The Morgan fingerprint density at radius 3 is 2.29 bits per heavy atom. The summed E-state index contributed by atoms with van der Waals surface area (Å²) in [5, 5.41) is 19.8. The molecule has 2 saturated heterocycles. The third kappa shape index (κ3) is 6.89. The number of carbonyl (C=O) groups excluding carboxylic acids is 4. The molecule has 0 radical (unpaired) electrons. The van der Waals surface area contributed by atoms with Crippen molar-refractivity contribution in [2.45, 2.75) is 168 Å². The molecular formula is C47H68O11. The minimum absolute atomic E-state index is 0.0243. The molecular weight excluding hydrogens is 741 g/mol. The van der Waals surface area contributed by atoms with E-state index in [2.05, 4.69) is 39.8 Å². The van der Waals surface area contributed by atoms with E-state index in [-0.39, 0.29) is 65.8 Å². The first kappa shape index (κ1) is 43.0. The maximum atomic E-state index is 14.2. The number of ether oxygens (including phenoxy) is 3. The van der Waals surface area contributed by atoms with Crippen LogP contribution in [0.3, 0.4) is 0 Å². The third-order valence-corrected chi connectivity index (χ3v) is 17.2. The summed E-state index contributed by atoms with van der Waals surface area (Å²) >= 11 is 0. The number of hydrogen-bond donors (Lipinski definition) is 2. The van der Waals surface area contributed by atoms with Gasteiger partial charge in [-0.3, -0.25) is 28.8 Å². The van der Waals surface area contributed by atoms with Crippen molar-refractivity contribution in [1.29, 1.82) is 0 Å².